The molecule has 26 heavy (non-hydrogen) atoms. The third-order valence-corrected chi connectivity index (χ3v) is 5.24. The molecule has 3 aromatic rings. The Morgan fingerprint density at radius 3 is 2.65 bits per heavy atom. The zero-order chi connectivity index (χ0) is 18.5. The second-order valence-corrected chi connectivity index (χ2v) is 7.11. The standard InChI is InChI=1S/C20H18ClNO3S/c1-2-16-18(20(23)24)26-19(22-16)15-12-14(21)8-9-17(15)25-11-10-13-6-4-3-5-7-13/h3-9,12H,2,10-11H2,1H3,(H,23,24). The number of aryl methyl sites for hydroxylation is 1. The lowest BCUT2D eigenvalue weighted by atomic mass is 10.1. The smallest absolute Gasteiger partial charge is 0.347 e. The molecule has 0 atom stereocenters. The number of carbonyl (C=O) groups is 1. The number of aromatic carboxylic acids is 1. The van der Waals surface area contributed by atoms with Crippen molar-refractivity contribution in [2.24, 2.45) is 0 Å². The molecule has 0 amide bonds. The van der Waals surface area contributed by atoms with Crippen molar-refractivity contribution in [3.05, 3.63) is 69.7 Å². The van der Waals surface area contributed by atoms with E-state index in [4.69, 9.17) is 16.3 Å². The summed E-state index contributed by atoms with van der Waals surface area (Å²) in [6.07, 6.45) is 1.34. The largest absolute Gasteiger partial charge is 0.493 e. The van der Waals surface area contributed by atoms with Crippen molar-refractivity contribution in [1.82, 2.24) is 4.98 Å². The molecule has 0 fully saturated rings. The van der Waals surface area contributed by atoms with Crippen molar-refractivity contribution >= 4 is 28.9 Å². The zero-order valence-corrected chi connectivity index (χ0v) is 15.8. The van der Waals surface area contributed by atoms with Gasteiger partial charge in [-0.05, 0) is 30.2 Å². The molecule has 0 bridgehead atoms. The monoisotopic (exact) mass is 387 g/mol. The molecule has 6 heteroatoms. The first-order valence-electron chi connectivity index (χ1n) is 8.28. The van der Waals surface area contributed by atoms with Gasteiger partial charge in [-0.1, -0.05) is 48.9 Å². The van der Waals surface area contributed by atoms with Gasteiger partial charge in [-0.2, -0.15) is 0 Å². The minimum Gasteiger partial charge on any atom is -0.493 e. The molecule has 0 saturated carbocycles. The number of nitrogens with zero attached hydrogens (tertiary/aromatic N) is 1. The summed E-state index contributed by atoms with van der Waals surface area (Å²) < 4.78 is 5.95. The zero-order valence-electron chi connectivity index (χ0n) is 14.2. The fourth-order valence-electron chi connectivity index (χ4n) is 2.59. The maximum Gasteiger partial charge on any atom is 0.347 e. The van der Waals surface area contributed by atoms with Crippen molar-refractivity contribution in [2.75, 3.05) is 6.61 Å². The van der Waals surface area contributed by atoms with E-state index >= 15 is 0 Å². The van der Waals surface area contributed by atoms with Crippen molar-refractivity contribution in [3.63, 3.8) is 0 Å². The molecule has 0 saturated heterocycles. The van der Waals surface area contributed by atoms with Gasteiger partial charge in [0.1, 0.15) is 15.6 Å². The van der Waals surface area contributed by atoms with Gasteiger partial charge in [0.15, 0.2) is 0 Å². The third kappa shape index (κ3) is 4.23. The van der Waals surface area contributed by atoms with Crippen molar-refractivity contribution in [1.29, 1.82) is 0 Å². The Hall–Kier alpha value is -2.37. The molecule has 0 spiro atoms. The summed E-state index contributed by atoms with van der Waals surface area (Å²) >= 11 is 7.29. The number of benzene rings is 2. The second kappa shape index (κ2) is 8.34. The van der Waals surface area contributed by atoms with Crippen LogP contribution in [0.1, 0.15) is 27.9 Å². The van der Waals surface area contributed by atoms with Crippen LogP contribution in [0.3, 0.4) is 0 Å². The summed E-state index contributed by atoms with van der Waals surface area (Å²) in [6.45, 7) is 2.40. The number of carboxylic acid groups (broad SMARTS) is 1. The van der Waals surface area contributed by atoms with Gasteiger partial charge in [0.25, 0.3) is 0 Å². The Kier molecular flexibility index (Phi) is 5.91. The Morgan fingerprint density at radius 1 is 1.23 bits per heavy atom. The quantitative estimate of drug-likeness (QED) is 0.594. The van der Waals surface area contributed by atoms with Gasteiger partial charge in [0, 0.05) is 11.4 Å². The SMILES string of the molecule is CCc1nc(-c2cc(Cl)ccc2OCCc2ccccc2)sc1C(=O)O. The van der Waals surface area contributed by atoms with Gasteiger partial charge in [0.05, 0.1) is 17.9 Å². The lowest BCUT2D eigenvalue weighted by Gasteiger charge is -2.10. The summed E-state index contributed by atoms with van der Waals surface area (Å²) in [4.78, 5) is 16.2. The van der Waals surface area contributed by atoms with Crippen molar-refractivity contribution in [3.8, 4) is 16.3 Å². The predicted molar refractivity (Wildman–Crippen MR) is 105 cm³/mol. The Bertz CT molecular complexity index is 909. The van der Waals surface area contributed by atoms with Gasteiger partial charge in [-0.25, -0.2) is 9.78 Å². The number of hydrogen-bond donors (Lipinski definition) is 1. The van der Waals surface area contributed by atoms with E-state index in [1.165, 1.54) is 5.56 Å². The number of rotatable bonds is 7. The van der Waals surface area contributed by atoms with Crippen LogP contribution in [0.5, 0.6) is 5.75 Å². The number of carboxylic acids is 1. The first-order valence-corrected chi connectivity index (χ1v) is 9.47. The van der Waals surface area contributed by atoms with Crippen LogP contribution in [-0.2, 0) is 12.8 Å². The molecular weight excluding hydrogens is 370 g/mol. The minimum atomic E-state index is -0.959. The molecule has 0 aliphatic rings. The number of halogens is 1. The second-order valence-electron chi connectivity index (χ2n) is 5.68. The van der Waals surface area contributed by atoms with Crippen LogP contribution >= 0.6 is 22.9 Å². The highest BCUT2D eigenvalue weighted by Crippen LogP contribution is 2.36. The molecule has 0 radical (unpaired) electrons. The van der Waals surface area contributed by atoms with Crippen LogP contribution in [0.2, 0.25) is 5.02 Å². The first kappa shape index (κ1) is 18.4. The molecule has 1 heterocycles. The summed E-state index contributed by atoms with van der Waals surface area (Å²) in [7, 11) is 0. The Labute approximate surface area is 161 Å². The normalized spacial score (nSPS) is 10.7. The molecule has 2 aromatic carbocycles. The summed E-state index contributed by atoms with van der Waals surface area (Å²) in [6, 6.07) is 15.4. The Morgan fingerprint density at radius 2 is 2.00 bits per heavy atom. The van der Waals surface area contributed by atoms with Crippen LogP contribution in [0.4, 0.5) is 0 Å². The summed E-state index contributed by atoms with van der Waals surface area (Å²) in [5.41, 5.74) is 2.49. The highest BCUT2D eigenvalue weighted by molar-refractivity contribution is 7.17. The molecular formula is C20H18ClNO3S. The molecule has 0 unspecified atom stereocenters. The summed E-state index contributed by atoms with van der Waals surface area (Å²) in [5.74, 6) is -0.308. The van der Waals surface area contributed by atoms with E-state index in [-0.39, 0.29) is 4.88 Å². The fourth-order valence-corrected chi connectivity index (χ4v) is 3.78. The van der Waals surface area contributed by atoms with Crippen LogP contribution in [-0.4, -0.2) is 22.7 Å². The molecule has 1 aromatic heterocycles. The lowest BCUT2D eigenvalue weighted by Crippen LogP contribution is -2.02. The first-order chi connectivity index (χ1) is 12.6. The predicted octanol–water partition coefficient (Wildman–Crippen LogP) is 5.35. The van der Waals surface area contributed by atoms with Crippen molar-refractivity contribution in [2.45, 2.75) is 19.8 Å². The van der Waals surface area contributed by atoms with E-state index < -0.39 is 5.97 Å². The third-order valence-electron chi connectivity index (χ3n) is 3.89. The van der Waals surface area contributed by atoms with E-state index in [1.807, 2.05) is 25.1 Å². The molecule has 0 aliphatic heterocycles. The fraction of sp³-hybridized carbons (Fsp3) is 0.200. The van der Waals surface area contributed by atoms with E-state index in [9.17, 15) is 9.90 Å². The maximum atomic E-state index is 11.4. The number of aromatic nitrogens is 1. The number of thiazole rings is 1. The highest BCUT2D eigenvalue weighted by atomic mass is 35.5. The molecule has 0 aliphatic carbocycles. The molecule has 4 nitrogen and oxygen atoms in total. The minimum absolute atomic E-state index is 0.262. The maximum absolute atomic E-state index is 11.4. The number of ether oxygens (including phenoxy) is 1. The van der Waals surface area contributed by atoms with Crippen LogP contribution < -0.4 is 4.74 Å². The van der Waals surface area contributed by atoms with Gasteiger partial charge in [-0.15, -0.1) is 11.3 Å². The van der Waals surface area contributed by atoms with E-state index in [2.05, 4.69) is 17.1 Å². The summed E-state index contributed by atoms with van der Waals surface area (Å²) in [5, 5.41) is 10.5. The van der Waals surface area contributed by atoms with Crippen LogP contribution in [0, 0.1) is 0 Å². The van der Waals surface area contributed by atoms with Gasteiger partial charge in [-0.3, -0.25) is 0 Å². The van der Waals surface area contributed by atoms with Gasteiger partial charge in [0.2, 0.25) is 0 Å². The molecule has 134 valence electrons. The average Bonchev–Trinajstić information content (AvgIpc) is 3.08. The Balaban J connectivity index is 1.85. The number of hydrogen-bond acceptors (Lipinski definition) is 4. The topological polar surface area (TPSA) is 59.4 Å². The van der Waals surface area contributed by atoms with Crippen LogP contribution in [0.25, 0.3) is 10.6 Å². The van der Waals surface area contributed by atoms with E-state index in [0.29, 0.717) is 34.5 Å². The average molecular weight is 388 g/mol. The van der Waals surface area contributed by atoms with E-state index in [0.717, 1.165) is 23.3 Å². The molecule has 1 N–H and O–H groups in total. The van der Waals surface area contributed by atoms with Gasteiger partial charge < -0.3 is 9.84 Å². The van der Waals surface area contributed by atoms with Gasteiger partial charge >= 0.3 is 5.97 Å². The van der Waals surface area contributed by atoms with Crippen molar-refractivity contribution < 1.29 is 14.6 Å². The van der Waals surface area contributed by atoms with Crippen LogP contribution in [0.15, 0.2) is 48.5 Å². The highest BCUT2D eigenvalue weighted by Gasteiger charge is 2.19. The molecule has 3 rings (SSSR count). The van der Waals surface area contributed by atoms with E-state index in [1.54, 1.807) is 18.2 Å². The lowest BCUT2D eigenvalue weighted by molar-refractivity contribution is 0.0701.